The summed E-state index contributed by atoms with van der Waals surface area (Å²) in [7, 11) is 0. The molecule has 0 aromatic rings. The maximum atomic E-state index is 10.9. The molecule has 0 spiro atoms. The summed E-state index contributed by atoms with van der Waals surface area (Å²) < 4.78 is 0. The summed E-state index contributed by atoms with van der Waals surface area (Å²) >= 11 is 0. The Morgan fingerprint density at radius 3 is 1.12 bits per heavy atom. The monoisotopic (exact) mass is 560 g/mol. The maximum absolute atomic E-state index is 10.9. The summed E-state index contributed by atoms with van der Waals surface area (Å²) in [6, 6.07) is 0. The predicted molar refractivity (Wildman–Crippen MR) is 162 cm³/mol. The maximum Gasteiger partial charge on any atom is 0.0608 e. The second kappa shape index (κ2) is 9.67. The smallest absolute Gasteiger partial charge is 0.0608 e. The van der Waals surface area contributed by atoms with Crippen molar-refractivity contribution in [2.24, 2.45) is 92.7 Å². The Bertz CT molecular complexity index is 918. The summed E-state index contributed by atoms with van der Waals surface area (Å²) in [4.78, 5) is 0. The standard InChI is InChI=1S/2C18H32O2/c1-17(2,3)12-8-9-10-7-11(13(9)16(12)20)14(15(10)19)18(4,5)6;1-17(2,3)12-8-9-10-7-11(13(9)16(12)20)15(19)14(10)18(4,5)6/h2*9-16,19-20H,7-8H2,1-6H3. The van der Waals surface area contributed by atoms with Crippen LogP contribution >= 0.6 is 0 Å². The average Bonchev–Trinajstić information content (AvgIpc) is 3.54. The van der Waals surface area contributed by atoms with Gasteiger partial charge in [-0.1, -0.05) is 83.1 Å². The lowest BCUT2D eigenvalue weighted by atomic mass is 9.64. The van der Waals surface area contributed by atoms with Gasteiger partial charge in [-0.15, -0.1) is 0 Å². The van der Waals surface area contributed by atoms with Crippen molar-refractivity contribution in [3.63, 3.8) is 0 Å². The highest BCUT2D eigenvalue weighted by molar-refractivity contribution is 5.15. The van der Waals surface area contributed by atoms with Crippen LogP contribution in [0.25, 0.3) is 0 Å². The van der Waals surface area contributed by atoms with Gasteiger partial charge in [-0.2, -0.15) is 0 Å². The average molecular weight is 561 g/mol. The van der Waals surface area contributed by atoms with Crippen molar-refractivity contribution in [3.8, 4) is 0 Å². The molecule has 16 unspecified atom stereocenters. The van der Waals surface area contributed by atoms with Gasteiger partial charge in [0.05, 0.1) is 24.4 Å². The van der Waals surface area contributed by atoms with Crippen LogP contribution in [-0.4, -0.2) is 44.8 Å². The van der Waals surface area contributed by atoms with Gasteiger partial charge in [-0.3, -0.25) is 0 Å². The van der Waals surface area contributed by atoms with Crippen molar-refractivity contribution in [2.45, 2.75) is 133 Å². The van der Waals surface area contributed by atoms with Crippen LogP contribution in [0.1, 0.15) is 109 Å². The molecular formula is C36H64O4. The fraction of sp³-hybridized carbons (Fsp3) is 1.00. The molecule has 6 rings (SSSR count). The van der Waals surface area contributed by atoms with Gasteiger partial charge in [0.15, 0.2) is 0 Å². The Balaban J connectivity index is 0.000000161. The third-order valence-electron chi connectivity index (χ3n) is 13.6. The highest BCUT2D eigenvalue weighted by Crippen LogP contribution is 2.68. The van der Waals surface area contributed by atoms with Gasteiger partial charge in [0.1, 0.15) is 0 Å². The lowest BCUT2D eigenvalue weighted by molar-refractivity contribution is -0.0618. The number of hydrogen-bond acceptors (Lipinski definition) is 4. The van der Waals surface area contributed by atoms with E-state index in [1.165, 1.54) is 0 Å². The number of aliphatic hydroxyl groups is 4. The molecule has 0 aromatic carbocycles. The first-order valence-corrected chi connectivity index (χ1v) is 16.8. The topological polar surface area (TPSA) is 80.9 Å². The third kappa shape index (κ3) is 4.76. The zero-order valence-electron chi connectivity index (χ0n) is 27.9. The molecule has 6 saturated carbocycles. The molecular weight excluding hydrogens is 496 g/mol. The van der Waals surface area contributed by atoms with Gasteiger partial charge in [0, 0.05) is 0 Å². The third-order valence-corrected chi connectivity index (χ3v) is 13.6. The van der Waals surface area contributed by atoms with Crippen molar-refractivity contribution >= 4 is 0 Å². The van der Waals surface area contributed by atoms with Gasteiger partial charge >= 0.3 is 0 Å². The summed E-state index contributed by atoms with van der Waals surface area (Å²) in [6.45, 7) is 27.1. The van der Waals surface area contributed by atoms with Gasteiger partial charge < -0.3 is 20.4 Å². The SMILES string of the molecule is CC(C)(C)C1CC2C3CC(C(O)C3C(C)(C)C)C2C1O.CC(C)(C)C1CC2C3CC(C2C1O)C(C(C)(C)C)C3O. The number of hydrogen-bond donors (Lipinski definition) is 4. The van der Waals surface area contributed by atoms with Crippen LogP contribution in [0.15, 0.2) is 0 Å². The van der Waals surface area contributed by atoms with E-state index in [-0.39, 0.29) is 46.1 Å². The summed E-state index contributed by atoms with van der Waals surface area (Å²) in [6.07, 6.45) is 3.86. The number of aliphatic hydroxyl groups excluding tert-OH is 4. The molecule has 0 saturated heterocycles. The summed E-state index contributed by atoms with van der Waals surface area (Å²) in [5.74, 6) is 5.52. The van der Waals surface area contributed by atoms with Gasteiger partial charge in [0.2, 0.25) is 0 Å². The van der Waals surface area contributed by atoms with Crippen molar-refractivity contribution in [1.29, 1.82) is 0 Å². The molecule has 16 atom stereocenters. The first-order chi connectivity index (χ1) is 18.1. The van der Waals surface area contributed by atoms with E-state index in [0.717, 1.165) is 25.7 Å². The number of rotatable bonds is 0. The minimum absolute atomic E-state index is 0.142. The molecule has 4 nitrogen and oxygen atoms in total. The van der Waals surface area contributed by atoms with E-state index in [1.54, 1.807) is 0 Å². The molecule has 4 N–H and O–H groups in total. The first-order valence-electron chi connectivity index (χ1n) is 16.8. The van der Waals surface area contributed by atoms with Crippen LogP contribution in [0, 0.1) is 92.7 Å². The molecule has 0 amide bonds. The molecule has 0 heterocycles. The Hall–Kier alpha value is -0.160. The molecule has 4 bridgehead atoms. The molecule has 0 aromatic heterocycles. The minimum Gasteiger partial charge on any atom is -0.393 e. The van der Waals surface area contributed by atoms with Crippen molar-refractivity contribution in [3.05, 3.63) is 0 Å². The van der Waals surface area contributed by atoms with Crippen molar-refractivity contribution in [1.82, 2.24) is 0 Å². The Kier molecular flexibility index (Phi) is 7.56. The van der Waals surface area contributed by atoms with E-state index in [1.807, 2.05) is 0 Å². The van der Waals surface area contributed by atoms with E-state index in [0.29, 0.717) is 71.0 Å². The van der Waals surface area contributed by atoms with E-state index in [9.17, 15) is 20.4 Å². The van der Waals surface area contributed by atoms with E-state index in [2.05, 4.69) is 83.1 Å². The lowest BCUT2D eigenvalue weighted by Crippen LogP contribution is -2.45. The fourth-order valence-electron chi connectivity index (χ4n) is 12.2. The molecule has 0 aliphatic heterocycles. The van der Waals surface area contributed by atoms with E-state index >= 15 is 0 Å². The molecule has 40 heavy (non-hydrogen) atoms. The van der Waals surface area contributed by atoms with Crippen LogP contribution in [-0.2, 0) is 0 Å². The number of fused-ring (bicyclic) bond motifs is 10. The van der Waals surface area contributed by atoms with Crippen LogP contribution in [0.5, 0.6) is 0 Å². The van der Waals surface area contributed by atoms with Crippen LogP contribution < -0.4 is 0 Å². The molecule has 0 radical (unpaired) electrons. The minimum atomic E-state index is -0.203. The predicted octanol–water partition coefficient (Wildman–Crippen LogP) is 6.64. The molecule has 6 aliphatic carbocycles. The highest BCUT2D eigenvalue weighted by Gasteiger charge is 2.67. The normalized spacial score (nSPS) is 51.6. The van der Waals surface area contributed by atoms with Crippen LogP contribution in [0.4, 0.5) is 0 Å². The summed E-state index contributed by atoms with van der Waals surface area (Å²) in [5, 5.41) is 43.2. The Labute approximate surface area is 246 Å². The van der Waals surface area contributed by atoms with Gasteiger partial charge in [-0.25, -0.2) is 0 Å². The second-order valence-corrected chi connectivity index (χ2v) is 19.8. The molecule has 4 heteroatoms. The summed E-state index contributed by atoms with van der Waals surface area (Å²) in [5.41, 5.74) is 0.661. The zero-order valence-corrected chi connectivity index (χ0v) is 27.9. The molecule has 6 aliphatic rings. The van der Waals surface area contributed by atoms with Crippen molar-refractivity contribution in [2.75, 3.05) is 0 Å². The quantitative estimate of drug-likeness (QED) is 0.268. The highest BCUT2D eigenvalue weighted by atomic mass is 16.3. The van der Waals surface area contributed by atoms with E-state index in [4.69, 9.17) is 0 Å². The largest absolute Gasteiger partial charge is 0.393 e. The van der Waals surface area contributed by atoms with Gasteiger partial charge in [0.25, 0.3) is 0 Å². The first kappa shape index (κ1) is 31.3. The van der Waals surface area contributed by atoms with Crippen molar-refractivity contribution < 1.29 is 20.4 Å². The Morgan fingerprint density at radius 1 is 0.350 bits per heavy atom. The van der Waals surface area contributed by atoms with Crippen LogP contribution in [0.2, 0.25) is 0 Å². The second-order valence-electron chi connectivity index (χ2n) is 19.8. The van der Waals surface area contributed by atoms with Gasteiger partial charge in [-0.05, 0) is 118 Å². The molecule has 232 valence electrons. The molecule has 6 fully saturated rings. The van der Waals surface area contributed by atoms with E-state index < -0.39 is 0 Å². The van der Waals surface area contributed by atoms with Crippen LogP contribution in [0.3, 0.4) is 0 Å². The zero-order chi connectivity index (χ0) is 30.1. The Morgan fingerprint density at radius 2 is 0.700 bits per heavy atom. The lowest BCUT2D eigenvalue weighted by Gasteiger charge is -2.43. The fourth-order valence-corrected chi connectivity index (χ4v) is 12.2.